The van der Waals surface area contributed by atoms with Crippen molar-refractivity contribution in [3.8, 4) is 0 Å². The second-order valence-electron chi connectivity index (χ2n) is 5.61. The van der Waals surface area contributed by atoms with Crippen LogP contribution in [0, 0.1) is 5.41 Å². The zero-order valence-corrected chi connectivity index (χ0v) is 10.1. The average Bonchev–Trinajstić information content (AvgIpc) is 2.14. The van der Waals surface area contributed by atoms with Crippen molar-refractivity contribution in [2.24, 2.45) is 5.41 Å². The lowest BCUT2D eigenvalue weighted by Gasteiger charge is -2.34. The van der Waals surface area contributed by atoms with E-state index in [1.54, 1.807) is 0 Å². The summed E-state index contributed by atoms with van der Waals surface area (Å²) in [4.78, 5) is 11.5. The van der Waals surface area contributed by atoms with Crippen molar-refractivity contribution in [3.63, 3.8) is 0 Å². The van der Waals surface area contributed by atoms with Crippen LogP contribution in [0.4, 0.5) is 0 Å². The smallest absolute Gasteiger partial charge is 0.251 e. The Morgan fingerprint density at radius 2 is 1.87 bits per heavy atom. The molecule has 0 unspecified atom stereocenters. The van der Waals surface area contributed by atoms with Gasteiger partial charge in [-0.05, 0) is 32.1 Å². The Balaban J connectivity index is 2.38. The number of hydrogen-bond acceptors (Lipinski definition) is 2. The predicted molar refractivity (Wildman–Crippen MR) is 60.5 cm³/mol. The molecular weight excluding hydrogens is 190 g/mol. The quantitative estimate of drug-likeness (QED) is 0.751. The van der Waals surface area contributed by atoms with Crippen molar-refractivity contribution in [1.82, 2.24) is 5.32 Å². The predicted octanol–water partition coefficient (Wildman–Crippen LogP) is 1.84. The molecule has 88 valence electrons. The second-order valence-corrected chi connectivity index (χ2v) is 5.61. The van der Waals surface area contributed by atoms with Gasteiger partial charge in [-0.15, -0.1) is 0 Å². The van der Waals surface area contributed by atoms with Gasteiger partial charge in [0, 0.05) is 6.54 Å². The monoisotopic (exact) mass is 213 g/mol. The Morgan fingerprint density at radius 3 is 2.33 bits per heavy atom. The summed E-state index contributed by atoms with van der Waals surface area (Å²) in [5.74, 6) is -0.269. The number of amides is 1. The second kappa shape index (κ2) is 4.52. The molecule has 0 aromatic heterocycles. The summed E-state index contributed by atoms with van der Waals surface area (Å²) < 4.78 is 0. The molecule has 0 atom stereocenters. The maximum Gasteiger partial charge on any atom is 0.251 e. The van der Waals surface area contributed by atoms with Gasteiger partial charge in [0.25, 0.3) is 5.91 Å². The first-order valence-electron chi connectivity index (χ1n) is 5.84. The van der Waals surface area contributed by atoms with Gasteiger partial charge in [0.1, 0.15) is 5.60 Å². The van der Waals surface area contributed by atoms with Gasteiger partial charge in [0.2, 0.25) is 0 Å². The molecular formula is C12H23NO2. The first-order valence-corrected chi connectivity index (χ1v) is 5.84. The van der Waals surface area contributed by atoms with Crippen LogP contribution in [-0.4, -0.2) is 23.2 Å². The van der Waals surface area contributed by atoms with Crippen LogP contribution in [0.25, 0.3) is 0 Å². The van der Waals surface area contributed by atoms with Gasteiger partial charge < -0.3 is 10.4 Å². The molecule has 0 heterocycles. The van der Waals surface area contributed by atoms with Crippen molar-refractivity contribution in [1.29, 1.82) is 0 Å². The van der Waals surface area contributed by atoms with E-state index in [1.807, 2.05) is 0 Å². The van der Waals surface area contributed by atoms with Gasteiger partial charge in [-0.25, -0.2) is 0 Å². The van der Waals surface area contributed by atoms with E-state index in [9.17, 15) is 9.90 Å². The van der Waals surface area contributed by atoms with Gasteiger partial charge in [-0.1, -0.05) is 26.2 Å². The Hall–Kier alpha value is -0.570. The normalized spacial score (nSPS) is 21.1. The van der Waals surface area contributed by atoms with Crippen LogP contribution >= 0.6 is 0 Å². The van der Waals surface area contributed by atoms with Crippen molar-refractivity contribution in [2.75, 3.05) is 6.54 Å². The largest absolute Gasteiger partial charge is 0.381 e. The Labute approximate surface area is 92.3 Å². The lowest BCUT2D eigenvalue weighted by Crippen LogP contribution is -2.46. The number of hydrogen-bond donors (Lipinski definition) is 2. The molecule has 1 amide bonds. The summed E-state index contributed by atoms with van der Waals surface area (Å²) in [7, 11) is 0. The lowest BCUT2D eigenvalue weighted by molar-refractivity contribution is -0.137. The van der Waals surface area contributed by atoms with Crippen LogP contribution in [-0.2, 0) is 4.79 Å². The summed E-state index contributed by atoms with van der Waals surface area (Å²) in [6.45, 7) is 5.95. The van der Waals surface area contributed by atoms with Crippen LogP contribution in [0.1, 0.15) is 52.9 Å². The highest BCUT2D eigenvalue weighted by molar-refractivity contribution is 5.83. The number of aliphatic hydroxyl groups is 1. The number of carbonyl (C=O) groups excluding carboxylic acids is 1. The molecule has 0 aromatic rings. The molecule has 15 heavy (non-hydrogen) atoms. The molecule has 0 spiro atoms. The van der Waals surface area contributed by atoms with Crippen LogP contribution in [0.5, 0.6) is 0 Å². The van der Waals surface area contributed by atoms with E-state index in [0.29, 0.717) is 6.54 Å². The lowest BCUT2D eigenvalue weighted by atomic mass is 9.75. The van der Waals surface area contributed by atoms with Gasteiger partial charge in [-0.2, -0.15) is 0 Å². The molecule has 1 saturated carbocycles. The van der Waals surface area contributed by atoms with Gasteiger partial charge in [0.05, 0.1) is 0 Å². The molecule has 1 rings (SSSR count). The zero-order chi connectivity index (χ0) is 11.5. The summed E-state index contributed by atoms with van der Waals surface area (Å²) in [6, 6.07) is 0. The zero-order valence-electron chi connectivity index (χ0n) is 10.1. The summed E-state index contributed by atoms with van der Waals surface area (Å²) >= 11 is 0. The fraction of sp³-hybridized carbons (Fsp3) is 0.917. The third kappa shape index (κ3) is 3.82. The van der Waals surface area contributed by atoms with Crippen LogP contribution in [0.15, 0.2) is 0 Å². The molecule has 1 aliphatic rings. The van der Waals surface area contributed by atoms with Gasteiger partial charge >= 0.3 is 0 Å². The summed E-state index contributed by atoms with van der Waals surface area (Å²) in [5.41, 5.74) is -1.02. The molecule has 0 bridgehead atoms. The minimum atomic E-state index is -1.26. The maximum atomic E-state index is 11.5. The van der Waals surface area contributed by atoms with E-state index in [-0.39, 0.29) is 11.3 Å². The van der Waals surface area contributed by atoms with E-state index in [4.69, 9.17) is 0 Å². The third-order valence-corrected chi connectivity index (χ3v) is 3.29. The summed E-state index contributed by atoms with van der Waals surface area (Å²) in [5, 5.41) is 12.3. The average molecular weight is 213 g/mol. The van der Waals surface area contributed by atoms with Crippen molar-refractivity contribution < 1.29 is 9.90 Å². The Kier molecular flexibility index (Phi) is 3.77. The number of nitrogens with one attached hydrogen (secondary N) is 1. The van der Waals surface area contributed by atoms with E-state index >= 15 is 0 Å². The molecule has 3 heteroatoms. The standard InChI is InChI=1S/C12H23NO2/c1-11(2,15)10(14)13-9-12(3)7-5-4-6-8-12/h15H,4-9H2,1-3H3,(H,13,14). The van der Waals surface area contributed by atoms with E-state index in [1.165, 1.54) is 46.0 Å². The minimum absolute atomic E-state index is 0.235. The first kappa shape index (κ1) is 12.5. The van der Waals surface area contributed by atoms with Crippen molar-refractivity contribution >= 4 is 5.91 Å². The molecule has 0 aromatic carbocycles. The van der Waals surface area contributed by atoms with Crippen molar-refractivity contribution in [2.45, 2.75) is 58.5 Å². The highest BCUT2D eigenvalue weighted by Crippen LogP contribution is 2.34. The molecule has 0 aliphatic heterocycles. The highest BCUT2D eigenvalue weighted by atomic mass is 16.3. The first-order chi connectivity index (χ1) is 6.83. The molecule has 3 nitrogen and oxygen atoms in total. The third-order valence-electron chi connectivity index (χ3n) is 3.29. The van der Waals surface area contributed by atoms with Crippen molar-refractivity contribution in [3.05, 3.63) is 0 Å². The Bertz CT molecular complexity index is 224. The maximum absolute atomic E-state index is 11.5. The van der Waals surface area contributed by atoms with E-state index in [0.717, 1.165) is 0 Å². The van der Waals surface area contributed by atoms with Crippen LogP contribution in [0.3, 0.4) is 0 Å². The SMILES string of the molecule is CC1(CNC(=O)C(C)(C)O)CCCCC1. The molecule has 0 radical (unpaired) electrons. The molecule has 1 aliphatic carbocycles. The van der Waals surface area contributed by atoms with E-state index in [2.05, 4.69) is 12.2 Å². The topological polar surface area (TPSA) is 49.3 Å². The van der Waals surface area contributed by atoms with Crippen LogP contribution < -0.4 is 5.32 Å². The summed E-state index contributed by atoms with van der Waals surface area (Å²) in [6.07, 6.45) is 6.19. The highest BCUT2D eigenvalue weighted by Gasteiger charge is 2.30. The molecule has 2 N–H and O–H groups in total. The number of rotatable bonds is 3. The molecule has 0 saturated heterocycles. The minimum Gasteiger partial charge on any atom is -0.381 e. The fourth-order valence-corrected chi connectivity index (χ4v) is 2.09. The van der Waals surface area contributed by atoms with Crippen LogP contribution in [0.2, 0.25) is 0 Å². The van der Waals surface area contributed by atoms with E-state index < -0.39 is 5.60 Å². The number of carbonyl (C=O) groups is 1. The Morgan fingerprint density at radius 1 is 1.33 bits per heavy atom. The molecule has 1 fully saturated rings. The fourth-order valence-electron chi connectivity index (χ4n) is 2.09. The van der Waals surface area contributed by atoms with Gasteiger partial charge in [0.15, 0.2) is 0 Å². The van der Waals surface area contributed by atoms with Gasteiger partial charge in [-0.3, -0.25) is 4.79 Å².